The van der Waals surface area contributed by atoms with Crippen LogP contribution in [-0.4, -0.2) is 40.0 Å². The molecule has 0 unspecified atom stereocenters. The Morgan fingerprint density at radius 3 is 2.92 bits per heavy atom. The lowest BCUT2D eigenvalue weighted by atomic mass is 10.4. The van der Waals surface area contributed by atoms with E-state index in [-0.39, 0.29) is 5.91 Å². The third kappa shape index (κ3) is 3.25. The summed E-state index contributed by atoms with van der Waals surface area (Å²) in [5.74, 6) is 1.02. The number of carbonyl (C=O) groups excluding carboxylic acids is 1. The van der Waals surface area contributed by atoms with Gasteiger partial charge in [0.1, 0.15) is 4.32 Å². The Morgan fingerprint density at radius 1 is 1.77 bits per heavy atom. The van der Waals surface area contributed by atoms with Gasteiger partial charge in [-0.25, -0.2) is 0 Å². The largest absolute Gasteiger partial charge is 0.306 e. The number of amides is 1. The van der Waals surface area contributed by atoms with Crippen LogP contribution in [0.25, 0.3) is 0 Å². The van der Waals surface area contributed by atoms with Gasteiger partial charge in [0, 0.05) is 18.3 Å². The van der Waals surface area contributed by atoms with Gasteiger partial charge in [-0.05, 0) is 0 Å². The molecule has 0 saturated carbocycles. The lowest BCUT2D eigenvalue weighted by Gasteiger charge is -2.15. The number of nitrogens with zero attached hydrogens (tertiary/aromatic N) is 1. The molecular weight excluding hydrogens is 204 g/mol. The van der Waals surface area contributed by atoms with Crippen molar-refractivity contribution in [2.75, 3.05) is 18.8 Å². The van der Waals surface area contributed by atoms with Crippen LogP contribution in [0.15, 0.2) is 0 Å². The first-order valence-electron chi connectivity index (χ1n) is 4.31. The topological polar surface area (TPSA) is 32.3 Å². The van der Waals surface area contributed by atoms with E-state index in [9.17, 15) is 4.79 Å². The van der Waals surface area contributed by atoms with Gasteiger partial charge in [0.2, 0.25) is 5.91 Å². The van der Waals surface area contributed by atoms with E-state index in [1.165, 1.54) is 0 Å². The van der Waals surface area contributed by atoms with E-state index in [0.29, 0.717) is 12.6 Å². The molecule has 5 heteroatoms. The third-order valence-corrected chi connectivity index (χ3v) is 3.15. The van der Waals surface area contributed by atoms with E-state index in [4.69, 9.17) is 12.2 Å². The van der Waals surface area contributed by atoms with Crippen LogP contribution in [0.1, 0.15) is 13.8 Å². The van der Waals surface area contributed by atoms with Gasteiger partial charge in [0.25, 0.3) is 0 Å². The molecule has 13 heavy (non-hydrogen) atoms. The summed E-state index contributed by atoms with van der Waals surface area (Å²) in [6, 6.07) is 0.341. The Labute approximate surface area is 88.2 Å². The van der Waals surface area contributed by atoms with Gasteiger partial charge in [0.05, 0.1) is 6.54 Å². The number of carbonyl (C=O) groups is 1. The minimum Gasteiger partial charge on any atom is -0.306 e. The number of thioether (sulfide) groups is 1. The summed E-state index contributed by atoms with van der Waals surface area (Å²) in [6.07, 6.45) is 0. The molecule has 1 rings (SSSR count). The van der Waals surface area contributed by atoms with Crippen LogP contribution in [0, 0.1) is 0 Å². The predicted molar refractivity (Wildman–Crippen MR) is 59.9 cm³/mol. The number of rotatable bonds is 3. The summed E-state index contributed by atoms with van der Waals surface area (Å²) in [4.78, 5) is 13.2. The minimum atomic E-state index is 0.0868. The molecule has 1 fully saturated rings. The average Bonchev–Trinajstić information content (AvgIpc) is 2.47. The lowest BCUT2D eigenvalue weighted by Crippen LogP contribution is -2.40. The smallest absolute Gasteiger partial charge is 0.241 e. The Hall–Kier alpha value is -0.130. The van der Waals surface area contributed by atoms with Gasteiger partial charge in [-0.15, -0.1) is 0 Å². The van der Waals surface area contributed by atoms with Crippen LogP contribution in [-0.2, 0) is 4.79 Å². The normalized spacial score (nSPS) is 17.2. The van der Waals surface area contributed by atoms with Crippen molar-refractivity contribution < 1.29 is 4.79 Å². The van der Waals surface area contributed by atoms with Gasteiger partial charge in [-0.1, -0.05) is 37.8 Å². The van der Waals surface area contributed by atoms with Crippen LogP contribution in [0.4, 0.5) is 0 Å². The van der Waals surface area contributed by atoms with Crippen LogP contribution in [0.5, 0.6) is 0 Å². The number of hydrogen-bond acceptors (Lipinski definition) is 4. The number of nitrogens with one attached hydrogen (secondary N) is 1. The summed E-state index contributed by atoms with van der Waals surface area (Å²) in [5, 5.41) is 3.08. The van der Waals surface area contributed by atoms with Gasteiger partial charge in [-0.2, -0.15) is 0 Å². The Kier molecular flexibility index (Phi) is 4.15. The maximum atomic E-state index is 11.5. The van der Waals surface area contributed by atoms with Crippen molar-refractivity contribution in [2.45, 2.75) is 19.9 Å². The fraction of sp³-hybridized carbons (Fsp3) is 0.750. The van der Waals surface area contributed by atoms with Crippen molar-refractivity contribution in [3.63, 3.8) is 0 Å². The molecule has 74 valence electrons. The molecule has 0 atom stereocenters. The zero-order valence-corrected chi connectivity index (χ0v) is 9.50. The monoisotopic (exact) mass is 218 g/mol. The van der Waals surface area contributed by atoms with Crippen molar-refractivity contribution in [1.82, 2.24) is 10.2 Å². The van der Waals surface area contributed by atoms with Crippen LogP contribution in [0.2, 0.25) is 0 Å². The molecule has 0 aromatic heterocycles. The van der Waals surface area contributed by atoms with Crippen molar-refractivity contribution in [3.8, 4) is 0 Å². The molecule has 3 nitrogen and oxygen atoms in total. The first-order chi connectivity index (χ1) is 6.11. The van der Waals surface area contributed by atoms with E-state index >= 15 is 0 Å². The van der Waals surface area contributed by atoms with E-state index < -0.39 is 0 Å². The van der Waals surface area contributed by atoms with E-state index in [1.54, 1.807) is 16.7 Å². The minimum absolute atomic E-state index is 0.0868. The summed E-state index contributed by atoms with van der Waals surface area (Å²) in [7, 11) is 0. The Bertz CT molecular complexity index is 218. The zero-order valence-electron chi connectivity index (χ0n) is 7.87. The molecule has 1 amide bonds. The maximum Gasteiger partial charge on any atom is 0.241 e. The van der Waals surface area contributed by atoms with Gasteiger partial charge in [0.15, 0.2) is 0 Å². The molecule has 1 N–H and O–H groups in total. The molecule has 1 heterocycles. The molecule has 0 aromatic rings. The molecule has 0 aliphatic carbocycles. The van der Waals surface area contributed by atoms with Crippen molar-refractivity contribution in [2.24, 2.45) is 0 Å². The maximum absolute atomic E-state index is 11.5. The lowest BCUT2D eigenvalue weighted by molar-refractivity contribution is -0.126. The molecule has 1 saturated heterocycles. The molecule has 0 bridgehead atoms. The van der Waals surface area contributed by atoms with Gasteiger partial charge in [-0.3, -0.25) is 9.69 Å². The predicted octanol–water partition coefficient (Wildman–Crippen LogP) is 0.845. The van der Waals surface area contributed by atoms with Crippen molar-refractivity contribution in [1.29, 1.82) is 0 Å². The highest BCUT2D eigenvalue weighted by Crippen LogP contribution is 2.17. The molecular formula is C8H14N2OS2. The summed E-state index contributed by atoms with van der Waals surface area (Å²) >= 11 is 6.61. The van der Waals surface area contributed by atoms with Crippen LogP contribution < -0.4 is 5.32 Å². The number of thiocarbonyl (C=S) groups is 1. The molecule has 0 spiro atoms. The average molecular weight is 218 g/mol. The second-order valence-electron chi connectivity index (χ2n) is 3.20. The van der Waals surface area contributed by atoms with E-state index in [1.807, 2.05) is 13.8 Å². The highest BCUT2D eigenvalue weighted by Gasteiger charge is 2.23. The number of hydrogen-bond donors (Lipinski definition) is 1. The standard InChI is InChI=1S/C8H14N2OS2/c1-6(2)9-5-7(11)10-3-4-13-8(10)12/h6,9H,3-5H2,1-2H3. The van der Waals surface area contributed by atoms with Crippen LogP contribution >= 0.6 is 24.0 Å². The van der Waals surface area contributed by atoms with Crippen molar-refractivity contribution >= 4 is 34.2 Å². The molecule has 0 aromatic carbocycles. The van der Waals surface area contributed by atoms with Gasteiger partial charge >= 0.3 is 0 Å². The summed E-state index contributed by atoms with van der Waals surface area (Å²) in [5.41, 5.74) is 0. The SMILES string of the molecule is CC(C)NCC(=O)N1CCSC1=S. The summed E-state index contributed by atoms with van der Waals surface area (Å²) < 4.78 is 0.718. The molecule has 0 radical (unpaired) electrons. The third-order valence-electron chi connectivity index (χ3n) is 1.72. The molecule has 1 aliphatic rings. The Balaban J connectivity index is 2.34. The highest BCUT2D eigenvalue weighted by molar-refractivity contribution is 8.23. The fourth-order valence-electron chi connectivity index (χ4n) is 1.01. The highest BCUT2D eigenvalue weighted by atomic mass is 32.2. The van der Waals surface area contributed by atoms with Crippen LogP contribution in [0.3, 0.4) is 0 Å². The first kappa shape index (κ1) is 10.9. The second-order valence-corrected chi connectivity index (χ2v) is 4.92. The summed E-state index contributed by atoms with van der Waals surface area (Å²) in [6.45, 7) is 5.19. The quantitative estimate of drug-likeness (QED) is 0.712. The second kappa shape index (κ2) is 4.93. The van der Waals surface area contributed by atoms with E-state index in [0.717, 1.165) is 16.6 Å². The van der Waals surface area contributed by atoms with E-state index in [2.05, 4.69) is 5.32 Å². The first-order valence-corrected chi connectivity index (χ1v) is 5.71. The zero-order chi connectivity index (χ0) is 9.84. The van der Waals surface area contributed by atoms with Gasteiger partial charge < -0.3 is 5.32 Å². The fourth-order valence-corrected chi connectivity index (χ4v) is 2.25. The molecule has 1 aliphatic heterocycles. The Morgan fingerprint density at radius 2 is 2.46 bits per heavy atom. The van der Waals surface area contributed by atoms with Crippen molar-refractivity contribution in [3.05, 3.63) is 0 Å².